The minimum Gasteiger partial charge on any atom is -0.389 e. The Labute approximate surface area is 128 Å². The Morgan fingerprint density at radius 1 is 1.24 bits per heavy atom. The van der Waals surface area contributed by atoms with Gasteiger partial charge < -0.3 is 19.3 Å². The first-order valence-electron chi connectivity index (χ1n) is 6.86. The largest absolute Gasteiger partial charge is 0.389 e. The van der Waals surface area contributed by atoms with Crippen LogP contribution >= 0.6 is 0 Å². The lowest BCUT2D eigenvalue weighted by Crippen LogP contribution is -2.32. The Bertz CT molecular complexity index is 421. The Kier molecular flexibility index (Phi) is 8.72. The van der Waals surface area contributed by atoms with Crippen molar-refractivity contribution in [2.24, 2.45) is 0 Å². The molecule has 0 heterocycles. The molecule has 0 aliphatic carbocycles. The summed E-state index contributed by atoms with van der Waals surface area (Å²) in [6.07, 6.45) is -1.25. The molecule has 1 aromatic carbocycles. The number of benzene rings is 1. The van der Waals surface area contributed by atoms with Crippen LogP contribution in [0.1, 0.15) is 12.5 Å². The SMILES string of the molecule is COCCOCO[C@@H](C)[C@H](O)C[S@@](=O)c1ccc(C)cc1. The van der Waals surface area contributed by atoms with Crippen LogP contribution in [0.25, 0.3) is 0 Å². The van der Waals surface area contributed by atoms with Crippen LogP contribution in [0.3, 0.4) is 0 Å². The molecule has 0 saturated carbocycles. The van der Waals surface area contributed by atoms with E-state index in [1.165, 1.54) is 0 Å². The average Bonchev–Trinajstić information content (AvgIpc) is 2.47. The van der Waals surface area contributed by atoms with Crippen LogP contribution in [0.4, 0.5) is 0 Å². The standard InChI is InChI=1S/C15H24O5S/c1-12-4-6-14(7-5-12)21(17)10-15(16)13(2)20-11-19-9-8-18-3/h4-7,13,15-16H,8-11H2,1-3H3/t13-,15+,21+/m0/s1. The minimum absolute atomic E-state index is 0.0821. The summed E-state index contributed by atoms with van der Waals surface area (Å²) >= 11 is 0. The summed E-state index contributed by atoms with van der Waals surface area (Å²) < 4.78 is 27.5. The summed E-state index contributed by atoms with van der Waals surface area (Å²) in [6.45, 7) is 4.73. The van der Waals surface area contributed by atoms with Gasteiger partial charge in [0.15, 0.2) is 0 Å². The summed E-state index contributed by atoms with van der Waals surface area (Å²) in [5.41, 5.74) is 1.11. The van der Waals surface area contributed by atoms with Crippen molar-refractivity contribution in [3.8, 4) is 0 Å². The lowest BCUT2D eigenvalue weighted by Gasteiger charge is -2.19. The lowest BCUT2D eigenvalue weighted by molar-refractivity contribution is -0.118. The number of methoxy groups -OCH3 is 1. The van der Waals surface area contributed by atoms with Crippen LogP contribution < -0.4 is 0 Å². The third-order valence-electron chi connectivity index (χ3n) is 2.99. The van der Waals surface area contributed by atoms with Gasteiger partial charge in [-0.25, -0.2) is 0 Å². The van der Waals surface area contributed by atoms with Crippen LogP contribution in [-0.4, -0.2) is 54.4 Å². The first-order valence-corrected chi connectivity index (χ1v) is 8.18. The van der Waals surface area contributed by atoms with Gasteiger partial charge in [-0.3, -0.25) is 4.21 Å². The van der Waals surface area contributed by atoms with Crippen molar-refractivity contribution in [1.29, 1.82) is 0 Å². The van der Waals surface area contributed by atoms with Crippen LogP contribution in [-0.2, 0) is 25.0 Å². The molecule has 3 atom stereocenters. The van der Waals surface area contributed by atoms with Crippen molar-refractivity contribution < 1.29 is 23.5 Å². The number of hydrogen-bond acceptors (Lipinski definition) is 5. The van der Waals surface area contributed by atoms with E-state index in [-0.39, 0.29) is 12.5 Å². The molecule has 0 unspecified atom stereocenters. The average molecular weight is 316 g/mol. The molecule has 1 N–H and O–H groups in total. The fraction of sp³-hybridized carbons (Fsp3) is 0.600. The van der Waals surface area contributed by atoms with Crippen LogP contribution in [0.15, 0.2) is 29.2 Å². The molecule has 5 nitrogen and oxygen atoms in total. The molecule has 0 bridgehead atoms. The fourth-order valence-electron chi connectivity index (χ4n) is 1.54. The van der Waals surface area contributed by atoms with E-state index in [4.69, 9.17) is 14.2 Å². The highest BCUT2D eigenvalue weighted by Crippen LogP contribution is 2.11. The third kappa shape index (κ3) is 7.15. The van der Waals surface area contributed by atoms with E-state index in [0.29, 0.717) is 18.1 Å². The molecule has 0 aliphatic rings. The highest BCUT2D eigenvalue weighted by atomic mass is 32.2. The Morgan fingerprint density at radius 2 is 1.90 bits per heavy atom. The number of ether oxygens (including phenoxy) is 3. The Balaban J connectivity index is 2.32. The van der Waals surface area contributed by atoms with E-state index in [1.54, 1.807) is 14.0 Å². The predicted octanol–water partition coefficient (Wildman–Crippen LogP) is 1.49. The first-order chi connectivity index (χ1) is 10.0. The molecule has 120 valence electrons. The van der Waals surface area contributed by atoms with Crippen molar-refractivity contribution >= 4 is 10.8 Å². The van der Waals surface area contributed by atoms with Gasteiger partial charge in [-0.2, -0.15) is 0 Å². The zero-order chi connectivity index (χ0) is 15.7. The summed E-state index contributed by atoms with van der Waals surface area (Å²) in [4.78, 5) is 0.711. The monoisotopic (exact) mass is 316 g/mol. The van der Waals surface area contributed by atoms with Gasteiger partial charge in [0.2, 0.25) is 0 Å². The van der Waals surface area contributed by atoms with Crippen molar-refractivity contribution in [2.75, 3.05) is 32.9 Å². The zero-order valence-electron chi connectivity index (χ0n) is 12.8. The molecule has 1 rings (SSSR count). The minimum atomic E-state index is -1.24. The highest BCUT2D eigenvalue weighted by Gasteiger charge is 2.18. The molecular formula is C15H24O5S. The van der Waals surface area contributed by atoms with Gasteiger partial charge in [-0.05, 0) is 26.0 Å². The van der Waals surface area contributed by atoms with E-state index in [9.17, 15) is 9.32 Å². The van der Waals surface area contributed by atoms with E-state index < -0.39 is 23.0 Å². The fourth-order valence-corrected chi connectivity index (χ4v) is 2.76. The van der Waals surface area contributed by atoms with E-state index in [2.05, 4.69) is 0 Å². The predicted molar refractivity (Wildman–Crippen MR) is 81.7 cm³/mol. The second kappa shape index (κ2) is 10.0. The molecule has 0 amide bonds. The molecular weight excluding hydrogens is 292 g/mol. The van der Waals surface area contributed by atoms with Gasteiger partial charge in [0.25, 0.3) is 0 Å². The molecule has 0 spiro atoms. The normalized spacial score (nSPS) is 15.6. The number of aryl methyl sites for hydroxylation is 1. The van der Waals surface area contributed by atoms with Crippen LogP contribution in [0.2, 0.25) is 0 Å². The van der Waals surface area contributed by atoms with Gasteiger partial charge in [0.1, 0.15) is 6.79 Å². The smallest absolute Gasteiger partial charge is 0.147 e. The number of hydrogen-bond donors (Lipinski definition) is 1. The van der Waals surface area contributed by atoms with Crippen molar-refractivity contribution in [3.05, 3.63) is 29.8 Å². The summed E-state index contributed by atoms with van der Waals surface area (Å²) in [5.74, 6) is 0.141. The zero-order valence-corrected chi connectivity index (χ0v) is 13.6. The van der Waals surface area contributed by atoms with Gasteiger partial charge in [-0.15, -0.1) is 0 Å². The quantitative estimate of drug-likeness (QED) is 0.523. The topological polar surface area (TPSA) is 65.0 Å². The van der Waals surface area contributed by atoms with Crippen molar-refractivity contribution in [3.63, 3.8) is 0 Å². The lowest BCUT2D eigenvalue weighted by atomic mass is 10.2. The third-order valence-corrected chi connectivity index (χ3v) is 4.44. The maximum Gasteiger partial charge on any atom is 0.147 e. The second-order valence-electron chi connectivity index (χ2n) is 4.78. The highest BCUT2D eigenvalue weighted by molar-refractivity contribution is 7.85. The van der Waals surface area contributed by atoms with E-state index in [1.807, 2.05) is 31.2 Å². The summed E-state index contributed by atoms with van der Waals surface area (Å²) in [5, 5.41) is 10.0. The summed E-state index contributed by atoms with van der Waals surface area (Å²) in [6, 6.07) is 7.45. The van der Waals surface area contributed by atoms with Gasteiger partial charge in [-0.1, -0.05) is 17.7 Å². The van der Waals surface area contributed by atoms with Gasteiger partial charge in [0, 0.05) is 12.0 Å². The summed E-state index contributed by atoms with van der Waals surface area (Å²) in [7, 11) is 0.351. The molecule has 0 radical (unpaired) electrons. The van der Waals surface area contributed by atoms with Gasteiger partial charge in [0.05, 0.1) is 42.0 Å². The Hall–Kier alpha value is -0.790. The molecule has 0 saturated heterocycles. The van der Waals surface area contributed by atoms with Crippen LogP contribution in [0, 0.1) is 6.92 Å². The number of aliphatic hydroxyl groups is 1. The molecule has 0 aromatic heterocycles. The van der Waals surface area contributed by atoms with Crippen molar-refractivity contribution in [1.82, 2.24) is 0 Å². The molecule has 6 heteroatoms. The molecule has 0 fully saturated rings. The number of rotatable bonds is 10. The van der Waals surface area contributed by atoms with Crippen LogP contribution in [0.5, 0.6) is 0 Å². The molecule has 1 aromatic rings. The Morgan fingerprint density at radius 3 is 2.52 bits per heavy atom. The van der Waals surface area contributed by atoms with Gasteiger partial charge >= 0.3 is 0 Å². The maximum atomic E-state index is 12.1. The van der Waals surface area contributed by atoms with E-state index in [0.717, 1.165) is 5.56 Å². The number of aliphatic hydroxyl groups excluding tert-OH is 1. The molecule has 21 heavy (non-hydrogen) atoms. The van der Waals surface area contributed by atoms with Crippen molar-refractivity contribution in [2.45, 2.75) is 31.0 Å². The van der Waals surface area contributed by atoms with E-state index >= 15 is 0 Å². The second-order valence-corrected chi connectivity index (χ2v) is 6.28. The molecule has 0 aliphatic heterocycles. The maximum absolute atomic E-state index is 12.1. The first kappa shape index (κ1) is 18.3.